The van der Waals surface area contributed by atoms with Crippen LogP contribution in [-0.2, 0) is 6.42 Å². The minimum atomic E-state index is 0.398. The van der Waals surface area contributed by atoms with Gasteiger partial charge in [0.05, 0.1) is 5.69 Å². The van der Waals surface area contributed by atoms with E-state index in [0.717, 1.165) is 48.6 Å². The number of hydrogen-bond donors (Lipinski definition) is 2. The standard InChI is InChI=1S/C20H26BrN5/c1-15-7-8-16(13-24-15)9-11-23-20(22-2)25-17-10-12-26(14-17)19-6-4-3-5-18(19)21/h3-8,13,17H,9-12,14H2,1-2H3,(H2,22,23,25). The van der Waals surface area contributed by atoms with Crippen molar-refractivity contribution < 1.29 is 0 Å². The summed E-state index contributed by atoms with van der Waals surface area (Å²) in [5.41, 5.74) is 3.54. The molecule has 1 atom stereocenters. The van der Waals surface area contributed by atoms with Gasteiger partial charge in [-0.15, -0.1) is 0 Å². The van der Waals surface area contributed by atoms with E-state index in [1.165, 1.54) is 11.3 Å². The molecule has 138 valence electrons. The van der Waals surface area contributed by atoms with Crippen molar-refractivity contribution in [1.82, 2.24) is 15.6 Å². The van der Waals surface area contributed by atoms with E-state index in [0.29, 0.717) is 6.04 Å². The first-order valence-electron chi connectivity index (χ1n) is 9.04. The van der Waals surface area contributed by atoms with Gasteiger partial charge < -0.3 is 15.5 Å². The molecule has 1 fully saturated rings. The molecule has 1 unspecified atom stereocenters. The van der Waals surface area contributed by atoms with Gasteiger partial charge in [-0.2, -0.15) is 0 Å². The Morgan fingerprint density at radius 1 is 1.31 bits per heavy atom. The van der Waals surface area contributed by atoms with Crippen LogP contribution >= 0.6 is 15.9 Å². The van der Waals surface area contributed by atoms with E-state index in [1.807, 2.05) is 20.2 Å². The molecular formula is C20H26BrN5. The van der Waals surface area contributed by atoms with E-state index in [-0.39, 0.29) is 0 Å². The Balaban J connectivity index is 1.47. The number of aliphatic imine (C=N–C) groups is 1. The first-order chi connectivity index (χ1) is 12.7. The summed E-state index contributed by atoms with van der Waals surface area (Å²) in [6.45, 7) is 4.87. The van der Waals surface area contributed by atoms with Gasteiger partial charge in [0, 0.05) is 49.1 Å². The summed E-state index contributed by atoms with van der Waals surface area (Å²) in [5.74, 6) is 0.865. The Bertz CT molecular complexity index is 744. The Kier molecular flexibility index (Phi) is 6.50. The molecule has 5 nitrogen and oxygen atoms in total. The molecule has 1 aliphatic heterocycles. The van der Waals surface area contributed by atoms with Crippen molar-refractivity contribution in [3.05, 3.63) is 58.3 Å². The second-order valence-electron chi connectivity index (χ2n) is 6.58. The molecule has 0 bridgehead atoms. The highest BCUT2D eigenvalue weighted by molar-refractivity contribution is 9.10. The molecule has 1 aromatic carbocycles. The largest absolute Gasteiger partial charge is 0.368 e. The van der Waals surface area contributed by atoms with Crippen molar-refractivity contribution in [2.24, 2.45) is 4.99 Å². The number of aryl methyl sites for hydroxylation is 1. The van der Waals surface area contributed by atoms with Crippen molar-refractivity contribution in [2.75, 3.05) is 31.6 Å². The van der Waals surface area contributed by atoms with Crippen LogP contribution in [0.15, 0.2) is 52.1 Å². The van der Waals surface area contributed by atoms with Crippen LogP contribution in [0.2, 0.25) is 0 Å². The zero-order valence-corrected chi connectivity index (χ0v) is 17.0. The van der Waals surface area contributed by atoms with Crippen LogP contribution < -0.4 is 15.5 Å². The van der Waals surface area contributed by atoms with Crippen molar-refractivity contribution >= 4 is 27.6 Å². The third kappa shape index (κ3) is 4.97. The van der Waals surface area contributed by atoms with Crippen LogP contribution in [0.25, 0.3) is 0 Å². The second kappa shape index (κ2) is 9.03. The number of aromatic nitrogens is 1. The highest BCUT2D eigenvalue weighted by Gasteiger charge is 2.24. The number of nitrogens with zero attached hydrogens (tertiary/aromatic N) is 3. The maximum Gasteiger partial charge on any atom is 0.191 e. The van der Waals surface area contributed by atoms with Gasteiger partial charge >= 0.3 is 0 Å². The highest BCUT2D eigenvalue weighted by atomic mass is 79.9. The predicted molar refractivity (Wildman–Crippen MR) is 112 cm³/mol. The van der Waals surface area contributed by atoms with Crippen LogP contribution in [0.3, 0.4) is 0 Å². The van der Waals surface area contributed by atoms with E-state index < -0.39 is 0 Å². The fourth-order valence-electron chi connectivity index (χ4n) is 3.16. The molecule has 0 amide bonds. The summed E-state index contributed by atoms with van der Waals surface area (Å²) >= 11 is 3.65. The molecular weight excluding hydrogens is 390 g/mol. The van der Waals surface area contributed by atoms with Gasteiger partial charge in [0.2, 0.25) is 0 Å². The maximum atomic E-state index is 4.36. The number of anilines is 1. The number of para-hydroxylation sites is 1. The highest BCUT2D eigenvalue weighted by Crippen LogP contribution is 2.28. The molecule has 6 heteroatoms. The van der Waals surface area contributed by atoms with Gasteiger partial charge in [0.1, 0.15) is 0 Å². The molecule has 1 aromatic heterocycles. The van der Waals surface area contributed by atoms with E-state index in [1.54, 1.807) is 0 Å². The molecule has 26 heavy (non-hydrogen) atoms. The van der Waals surface area contributed by atoms with E-state index in [4.69, 9.17) is 0 Å². The van der Waals surface area contributed by atoms with Gasteiger partial charge in [-0.05, 0) is 59.5 Å². The average Bonchev–Trinajstić information content (AvgIpc) is 3.11. The Labute approximate surface area is 164 Å². The van der Waals surface area contributed by atoms with Crippen molar-refractivity contribution in [3.63, 3.8) is 0 Å². The predicted octanol–water partition coefficient (Wildman–Crippen LogP) is 3.14. The van der Waals surface area contributed by atoms with Gasteiger partial charge in [0.15, 0.2) is 5.96 Å². The summed E-state index contributed by atoms with van der Waals surface area (Å²) in [6.07, 6.45) is 3.98. The fraction of sp³-hybridized carbons (Fsp3) is 0.400. The molecule has 1 aliphatic rings. The van der Waals surface area contributed by atoms with Gasteiger partial charge in [-0.3, -0.25) is 9.98 Å². The molecule has 2 N–H and O–H groups in total. The Morgan fingerprint density at radius 2 is 2.15 bits per heavy atom. The third-order valence-electron chi connectivity index (χ3n) is 4.62. The number of pyridine rings is 1. The van der Waals surface area contributed by atoms with E-state index >= 15 is 0 Å². The Hall–Kier alpha value is -2.08. The number of benzene rings is 1. The molecule has 0 radical (unpaired) electrons. The zero-order valence-electron chi connectivity index (χ0n) is 15.4. The van der Waals surface area contributed by atoms with Crippen molar-refractivity contribution in [1.29, 1.82) is 0 Å². The minimum absolute atomic E-state index is 0.398. The van der Waals surface area contributed by atoms with Crippen LogP contribution in [0.1, 0.15) is 17.7 Å². The van der Waals surface area contributed by atoms with Gasteiger partial charge in [-0.1, -0.05) is 18.2 Å². The first-order valence-corrected chi connectivity index (χ1v) is 9.83. The maximum absolute atomic E-state index is 4.36. The monoisotopic (exact) mass is 415 g/mol. The Morgan fingerprint density at radius 3 is 2.88 bits per heavy atom. The summed E-state index contributed by atoms with van der Waals surface area (Å²) in [7, 11) is 1.82. The summed E-state index contributed by atoms with van der Waals surface area (Å²) in [6, 6.07) is 13.0. The third-order valence-corrected chi connectivity index (χ3v) is 5.30. The normalized spacial score (nSPS) is 17.4. The quantitative estimate of drug-likeness (QED) is 0.581. The fourth-order valence-corrected chi connectivity index (χ4v) is 3.70. The molecule has 1 saturated heterocycles. The lowest BCUT2D eigenvalue weighted by molar-refractivity contribution is 0.648. The second-order valence-corrected chi connectivity index (χ2v) is 7.44. The van der Waals surface area contributed by atoms with Crippen molar-refractivity contribution in [3.8, 4) is 0 Å². The number of nitrogens with one attached hydrogen (secondary N) is 2. The van der Waals surface area contributed by atoms with Crippen LogP contribution in [0.5, 0.6) is 0 Å². The topological polar surface area (TPSA) is 52.6 Å². The number of hydrogen-bond acceptors (Lipinski definition) is 3. The van der Waals surface area contributed by atoms with Crippen LogP contribution in [-0.4, -0.2) is 43.7 Å². The minimum Gasteiger partial charge on any atom is -0.368 e. The molecule has 3 rings (SSSR count). The van der Waals surface area contributed by atoms with Gasteiger partial charge in [-0.25, -0.2) is 0 Å². The lowest BCUT2D eigenvalue weighted by Gasteiger charge is -2.21. The lowest BCUT2D eigenvalue weighted by Crippen LogP contribution is -2.45. The lowest BCUT2D eigenvalue weighted by atomic mass is 10.2. The zero-order chi connectivity index (χ0) is 18.4. The average molecular weight is 416 g/mol. The number of guanidine groups is 1. The smallest absolute Gasteiger partial charge is 0.191 e. The number of halogens is 1. The first kappa shape index (κ1) is 18.7. The summed E-state index contributed by atoms with van der Waals surface area (Å²) in [5, 5.41) is 6.96. The van der Waals surface area contributed by atoms with E-state index in [2.05, 4.69) is 77.8 Å². The number of rotatable bonds is 5. The molecule has 0 aliphatic carbocycles. The molecule has 2 aromatic rings. The van der Waals surface area contributed by atoms with Crippen LogP contribution in [0, 0.1) is 6.92 Å². The van der Waals surface area contributed by atoms with Crippen molar-refractivity contribution in [2.45, 2.75) is 25.8 Å². The molecule has 2 heterocycles. The van der Waals surface area contributed by atoms with E-state index in [9.17, 15) is 0 Å². The molecule has 0 saturated carbocycles. The SMILES string of the molecule is CN=C(NCCc1ccc(C)nc1)NC1CCN(c2ccccc2Br)C1. The summed E-state index contributed by atoms with van der Waals surface area (Å²) in [4.78, 5) is 11.1. The molecule has 0 spiro atoms. The summed E-state index contributed by atoms with van der Waals surface area (Å²) < 4.78 is 1.15. The van der Waals surface area contributed by atoms with Gasteiger partial charge in [0.25, 0.3) is 0 Å². The van der Waals surface area contributed by atoms with Crippen LogP contribution in [0.4, 0.5) is 5.69 Å².